The molecule has 0 saturated carbocycles. The lowest BCUT2D eigenvalue weighted by molar-refractivity contribution is -0.135. The second-order valence-corrected chi connectivity index (χ2v) is 3.14. The Balaban J connectivity index is 0. The molecule has 0 radical (unpaired) electrons. The molecule has 1 rings (SSSR count). The van der Waals surface area contributed by atoms with Gasteiger partial charge in [-0.1, -0.05) is 0 Å². The first-order valence-electron chi connectivity index (χ1n) is 4.81. The van der Waals surface area contributed by atoms with Gasteiger partial charge in [0.1, 0.15) is 0 Å². The van der Waals surface area contributed by atoms with Gasteiger partial charge in [-0.25, -0.2) is 0 Å². The molecule has 2 N–H and O–H groups in total. The van der Waals surface area contributed by atoms with E-state index in [-0.39, 0.29) is 0 Å². The third-order valence-corrected chi connectivity index (χ3v) is 1.34. The Kier molecular flexibility index (Phi) is 10.3. The number of hydrogen-bond donors (Lipinski definition) is 2. The van der Waals surface area contributed by atoms with Gasteiger partial charge in [-0.2, -0.15) is 0 Å². The van der Waals surface area contributed by atoms with E-state index in [2.05, 4.69) is 36.2 Å². The van der Waals surface area contributed by atoms with E-state index < -0.39 is 11.9 Å². The second-order valence-electron chi connectivity index (χ2n) is 3.14. The Morgan fingerprint density at radius 1 is 1.19 bits per heavy atom. The molecule has 0 saturated heterocycles. The Morgan fingerprint density at radius 3 is 1.69 bits per heavy atom. The van der Waals surface area contributed by atoms with Gasteiger partial charge in [-0.05, 0) is 6.92 Å². The lowest BCUT2D eigenvalue weighted by Gasteiger charge is -2.14. The van der Waals surface area contributed by atoms with E-state index in [1.54, 1.807) is 0 Å². The summed E-state index contributed by atoms with van der Waals surface area (Å²) in [6.07, 6.45) is 4.20. The minimum absolute atomic E-state index is 0.833. The number of carbonyl (C=O) groups is 2. The van der Waals surface area contributed by atoms with Crippen molar-refractivity contribution in [2.24, 2.45) is 0 Å². The van der Waals surface area contributed by atoms with Crippen LogP contribution < -0.4 is 0 Å². The average molecular weight is 232 g/mol. The zero-order valence-electron chi connectivity index (χ0n) is 10.2. The second kappa shape index (κ2) is 9.82. The normalized spacial score (nSPS) is 12.2. The minimum Gasteiger partial charge on any atom is -0.481 e. The monoisotopic (exact) mass is 232 g/mol. The van der Waals surface area contributed by atoms with Crippen LogP contribution in [0.3, 0.4) is 0 Å². The van der Waals surface area contributed by atoms with Crippen LogP contribution in [0.1, 0.15) is 20.8 Å². The van der Waals surface area contributed by atoms with E-state index in [1.165, 1.54) is 0 Å². The van der Waals surface area contributed by atoms with Gasteiger partial charge >= 0.3 is 0 Å². The Morgan fingerprint density at radius 2 is 1.56 bits per heavy atom. The lowest BCUT2D eigenvalue weighted by Crippen LogP contribution is -2.21. The van der Waals surface area contributed by atoms with E-state index in [4.69, 9.17) is 19.8 Å². The quantitative estimate of drug-likeness (QED) is 0.698. The summed E-state index contributed by atoms with van der Waals surface area (Å²) < 4.78 is 0. The number of carboxylic acids is 2. The molecule has 1 aliphatic rings. The van der Waals surface area contributed by atoms with E-state index in [1.807, 2.05) is 0 Å². The number of aliphatic carboxylic acids is 2. The fourth-order valence-corrected chi connectivity index (χ4v) is 0.794. The maximum Gasteiger partial charge on any atom is 0.300 e. The van der Waals surface area contributed by atoms with Crippen molar-refractivity contribution in [3.63, 3.8) is 0 Å². The van der Waals surface area contributed by atoms with Crippen molar-refractivity contribution < 1.29 is 19.8 Å². The fraction of sp³-hybridized carbons (Fsp3) is 0.600. The van der Waals surface area contributed by atoms with Gasteiger partial charge in [-0.15, -0.1) is 0 Å². The molecule has 6 nitrogen and oxygen atoms in total. The molecule has 0 aliphatic carbocycles. The van der Waals surface area contributed by atoms with Crippen molar-refractivity contribution in [3.05, 3.63) is 12.4 Å². The highest BCUT2D eigenvalue weighted by molar-refractivity contribution is 5.63. The van der Waals surface area contributed by atoms with Crippen LogP contribution >= 0.6 is 0 Å². The van der Waals surface area contributed by atoms with Crippen LogP contribution in [0.4, 0.5) is 0 Å². The number of carboxylic acid groups (broad SMARTS) is 2. The van der Waals surface area contributed by atoms with Gasteiger partial charge in [0, 0.05) is 39.8 Å². The molecule has 0 aromatic carbocycles. The van der Waals surface area contributed by atoms with Crippen LogP contribution in [-0.4, -0.2) is 52.2 Å². The summed E-state index contributed by atoms with van der Waals surface area (Å²) in [5.41, 5.74) is 0. The predicted octanol–water partition coefficient (Wildman–Crippen LogP) is 0.864. The smallest absolute Gasteiger partial charge is 0.300 e. The lowest BCUT2D eigenvalue weighted by atomic mass is 10.6. The number of rotatable bonds is 1. The van der Waals surface area contributed by atoms with Gasteiger partial charge in [0.05, 0.1) is 6.67 Å². The van der Waals surface area contributed by atoms with E-state index in [9.17, 15) is 0 Å². The molecule has 16 heavy (non-hydrogen) atoms. The molecule has 0 aromatic rings. The highest BCUT2D eigenvalue weighted by atomic mass is 16.4. The molecule has 0 unspecified atom stereocenters. The number of hydrogen-bond acceptors (Lipinski definition) is 4. The Bertz CT molecular complexity index is 221. The summed E-state index contributed by atoms with van der Waals surface area (Å²) >= 11 is 0. The third kappa shape index (κ3) is 18.1. The molecule has 0 fully saturated rings. The number of nitrogens with zero attached hydrogens (tertiary/aromatic N) is 2. The van der Waals surface area contributed by atoms with Gasteiger partial charge in [0.15, 0.2) is 0 Å². The predicted molar refractivity (Wildman–Crippen MR) is 60.8 cm³/mol. The molecule has 94 valence electrons. The fourth-order valence-electron chi connectivity index (χ4n) is 0.794. The zero-order valence-corrected chi connectivity index (χ0v) is 10.2. The van der Waals surface area contributed by atoms with Crippen LogP contribution in [0, 0.1) is 0 Å². The summed E-state index contributed by atoms with van der Waals surface area (Å²) in [5, 5.41) is 14.8. The Hall–Kier alpha value is -1.72. The van der Waals surface area contributed by atoms with Gasteiger partial charge in [0.2, 0.25) is 0 Å². The topological polar surface area (TPSA) is 81.1 Å². The molecule has 0 atom stereocenters. The molecule has 6 heteroatoms. The standard InChI is InChI=1S/C6H12N2.2C2H4O2/c1-3-8-5-4-7(2)6-8;2*1-2(3)4/h4-5H,3,6H2,1-2H3;2*1H3,(H,3,4). The summed E-state index contributed by atoms with van der Waals surface area (Å²) in [5.74, 6) is -1.67. The average Bonchev–Trinajstić information content (AvgIpc) is 2.49. The maximum absolute atomic E-state index is 9.00. The molecular weight excluding hydrogens is 212 g/mol. The highest BCUT2D eigenvalue weighted by Crippen LogP contribution is 2.00. The molecular formula is C10H20N2O4. The van der Waals surface area contributed by atoms with Crippen LogP contribution in [-0.2, 0) is 9.59 Å². The first-order valence-corrected chi connectivity index (χ1v) is 4.81. The zero-order chi connectivity index (χ0) is 13.1. The molecule has 0 amide bonds. The summed E-state index contributed by atoms with van der Waals surface area (Å²) in [4.78, 5) is 22.4. The molecule has 0 bridgehead atoms. The summed E-state index contributed by atoms with van der Waals surface area (Å²) in [7, 11) is 2.08. The van der Waals surface area contributed by atoms with Crippen LogP contribution in [0.25, 0.3) is 0 Å². The highest BCUT2D eigenvalue weighted by Gasteiger charge is 2.03. The van der Waals surface area contributed by atoms with Crippen molar-refractivity contribution in [2.45, 2.75) is 20.8 Å². The van der Waals surface area contributed by atoms with Crippen LogP contribution in [0.5, 0.6) is 0 Å². The first-order chi connectivity index (χ1) is 7.29. The van der Waals surface area contributed by atoms with Crippen molar-refractivity contribution in [1.82, 2.24) is 9.80 Å². The molecule has 1 aliphatic heterocycles. The van der Waals surface area contributed by atoms with Crippen molar-refractivity contribution >= 4 is 11.9 Å². The van der Waals surface area contributed by atoms with E-state index in [0.717, 1.165) is 27.1 Å². The molecule has 1 heterocycles. The SMILES string of the molecule is CC(=O)O.CC(=O)O.CCN1C=CN(C)C1. The van der Waals surface area contributed by atoms with Gasteiger partial charge < -0.3 is 20.0 Å². The van der Waals surface area contributed by atoms with Crippen LogP contribution in [0.2, 0.25) is 0 Å². The van der Waals surface area contributed by atoms with E-state index in [0.29, 0.717) is 0 Å². The first kappa shape index (κ1) is 16.7. The van der Waals surface area contributed by atoms with Crippen molar-refractivity contribution in [1.29, 1.82) is 0 Å². The largest absolute Gasteiger partial charge is 0.481 e. The van der Waals surface area contributed by atoms with Crippen molar-refractivity contribution in [3.8, 4) is 0 Å². The minimum atomic E-state index is -0.833. The summed E-state index contributed by atoms with van der Waals surface area (Å²) in [6.45, 7) is 6.49. The maximum atomic E-state index is 9.00. The van der Waals surface area contributed by atoms with E-state index >= 15 is 0 Å². The summed E-state index contributed by atoms with van der Waals surface area (Å²) in [6, 6.07) is 0. The van der Waals surface area contributed by atoms with Gasteiger partial charge in [-0.3, -0.25) is 9.59 Å². The van der Waals surface area contributed by atoms with Crippen molar-refractivity contribution in [2.75, 3.05) is 20.3 Å². The molecule has 0 aromatic heterocycles. The van der Waals surface area contributed by atoms with Gasteiger partial charge in [0.25, 0.3) is 11.9 Å². The van der Waals surface area contributed by atoms with Crippen LogP contribution in [0.15, 0.2) is 12.4 Å². The third-order valence-electron chi connectivity index (χ3n) is 1.34. The molecule has 0 spiro atoms. The Labute approximate surface area is 95.8 Å².